The van der Waals surface area contributed by atoms with E-state index in [4.69, 9.17) is 0 Å². The van der Waals surface area contributed by atoms with Crippen LogP contribution in [0.25, 0.3) is 0 Å². The monoisotopic (exact) mass is 172 g/mol. The van der Waals surface area contributed by atoms with Crippen molar-refractivity contribution >= 4 is 11.9 Å². The topological polar surface area (TPSA) is 52.6 Å². The molecule has 0 amide bonds. The molecule has 0 aromatic rings. The molecule has 1 aliphatic rings. The lowest BCUT2D eigenvalue weighted by atomic mass is 9.86. The van der Waals surface area contributed by atoms with Gasteiger partial charge in [0.25, 0.3) is 0 Å². The van der Waals surface area contributed by atoms with Crippen LogP contribution < -0.4 is 0 Å². The lowest BCUT2D eigenvalue weighted by Gasteiger charge is -2.30. The zero-order valence-electron chi connectivity index (χ0n) is 7.25. The Morgan fingerprint density at radius 3 is 2.42 bits per heavy atom. The van der Waals surface area contributed by atoms with Crippen molar-refractivity contribution in [3.63, 3.8) is 0 Å². The van der Waals surface area contributed by atoms with Crippen LogP contribution in [0.4, 0.5) is 4.79 Å². The van der Waals surface area contributed by atoms with E-state index >= 15 is 0 Å². The highest BCUT2D eigenvalue weighted by Crippen LogP contribution is 2.24. The standard InChI is InChI=1S/C8H12O4/c1-3-6(9)8(2)4-11-7(10)12-5-8/h3-5H2,1-2H3. The highest BCUT2D eigenvalue weighted by molar-refractivity contribution is 5.85. The molecule has 0 unspecified atom stereocenters. The van der Waals surface area contributed by atoms with Gasteiger partial charge in [-0.3, -0.25) is 4.79 Å². The molecule has 1 heterocycles. The smallest absolute Gasteiger partial charge is 0.433 e. The van der Waals surface area contributed by atoms with Gasteiger partial charge >= 0.3 is 6.16 Å². The summed E-state index contributed by atoms with van der Waals surface area (Å²) in [7, 11) is 0. The third-order valence-electron chi connectivity index (χ3n) is 2.01. The van der Waals surface area contributed by atoms with Gasteiger partial charge in [-0.25, -0.2) is 4.79 Å². The fourth-order valence-electron chi connectivity index (χ4n) is 1.11. The zero-order valence-corrected chi connectivity index (χ0v) is 7.25. The van der Waals surface area contributed by atoms with Gasteiger partial charge in [-0.2, -0.15) is 0 Å². The highest BCUT2D eigenvalue weighted by atomic mass is 16.7. The number of hydrogen-bond acceptors (Lipinski definition) is 4. The fraction of sp³-hybridized carbons (Fsp3) is 0.750. The summed E-state index contributed by atoms with van der Waals surface area (Å²) < 4.78 is 9.27. The molecule has 4 nitrogen and oxygen atoms in total. The largest absolute Gasteiger partial charge is 0.508 e. The van der Waals surface area contributed by atoms with Crippen LogP contribution in [-0.4, -0.2) is 25.2 Å². The molecular formula is C8H12O4. The van der Waals surface area contributed by atoms with Gasteiger partial charge in [-0.05, 0) is 6.92 Å². The summed E-state index contributed by atoms with van der Waals surface area (Å²) in [5.41, 5.74) is -0.636. The Hall–Kier alpha value is -1.06. The Morgan fingerprint density at radius 2 is 2.00 bits per heavy atom. The van der Waals surface area contributed by atoms with Crippen molar-refractivity contribution in [1.82, 2.24) is 0 Å². The number of cyclic esters (lactones) is 2. The first-order valence-electron chi connectivity index (χ1n) is 3.91. The molecule has 1 fully saturated rings. The second-order valence-corrected chi connectivity index (χ2v) is 3.16. The summed E-state index contributed by atoms with van der Waals surface area (Å²) in [5, 5.41) is 0. The van der Waals surface area contributed by atoms with E-state index in [1.54, 1.807) is 13.8 Å². The SMILES string of the molecule is CCC(=O)C1(C)COC(=O)OC1. The molecule has 0 atom stereocenters. The maximum absolute atomic E-state index is 11.3. The minimum Gasteiger partial charge on any atom is -0.433 e. The molecule has 4 heteroatoms. The average molecular weight is 172 g/mol. The van der Waals surface area contributed by atoms with Crippen molar-refractivity contribution in [2.45, 2.75) is 20.3 Å². The van der Waals surface area contributed by atoms with E-state index in [1.807, 2.05) is 0 Å². The molecule has 0 bridgehead atoms. The Balaban J connectivity index is 2.61. The molecule has 0 aliphatic carbocycles. The van der Waals surface area contributed by atoms with Gasteiger partial charge in [-0.1, -0.05) is 6.92 Å². The molecule has 0 saturated carbocycles. The van der Waals surface area contributed by atoms with Crippen LogP contribution in [0.5, 0.6) is 0 Å². The van der Waals surface area contributed by atoms with E-state index in [0.29, 0.717) is 6.42 Å². The lowest BCUT2D eigenvalue weighted by Crippen LogP contribution is -2.42. The van der Waals surface area contributed by atoms with Gasteiger partial charge in [0.1, 0.15) is 19.0 Å². The first kappa shape index (κ1) is 9.03. The first-order valence-corrected chi connectivity index (χ1v) is 3.91. The van der Waals surface area contributed by atoms with Crippen LogP contribution >= 0.6 is 0 Å². The van der Waals surface area contributed by atoms with Crippen molar-refractivity contribution < 1.29 is 19.1 Å². The predicted molar refractivity (Wildman–Crippen MR) is 40.7 cm³/mol. The van der Waals surface area contributed by atoms with Gasteiger partial charge in [0, 0.05) is 6.42 Å². The van der Waals surface area contributed by atoms with Gasteiger partial charge in [0.05, 0.1) is 5.41 Å². The highest BCUT2D eigenvalue weighted by Gasteiger charge is 2.38. The number of Topliss-reactive ketones (excluding diaryl/α,β-unsaturated/α-hetero) is 1. The summed E-state index contributed by atoms with van der Waals surface area (Å²) in [6.45, 7) is 3.80. The summed E-state index contributed by atoms with van der Waals surface area (Å²) in [5.74, 6) is 0.0648. The number of carbonyl (C=O) groups excluding carboxylic acids is 2. The lowest BCUT2D eigenvalue weighted by molar-refractivity contribution is -0.138. The fourth-order valence-corrected chi connectivity index (χ4v) is 1.11. The van der Waals surface area contributed by atoms with Crippen LogP contribution in [0.15, 0.2) is 0 Å². The van der Waals surface area contributed by atoms with Crippen molar-refractivity contribution in [1.29, 1.82) is 0 Å². The molecule has 12 heavy (non-hydrogen) atoms. The second kappa shape index (κ2) is 3.13. The molecule has 1 rings (SSSR count). The van der Waals surface area contributed by atoms with Crippen LogP contribution in [0.2, 0.25) is 0 Å². The molecule has 0 spiro atoms. The van der Waals surface area contributed by atoms with Gasteiger partial charge in [0.2, 0.25) is 0 Å². The number of rotatable bonds is 2. The normalized spacial score (nSPS) is 21.0. The second-order valence-electron chi connectivity index (χ2n) is 3.16. The Kier molecular flexibility index (Phi) is 2.35. The van der Waals surface area contributed by atoms with Crippen LogP contribution in [-0.2, 0) is 14.3 Å². The maximum atomic E-state index is 11.3. The minimum atomic E-state index is -0.684. The van der Waals surface area contributed by atoms with Gasteiger partial charge in [0.15, 0.2) is 0 Å². The quantitative estimate of drug-likeness (QED) is 0.586. The summed E-state index contributed by atoms with van der Waals surface area (Å²) in [6, 6.07) is 0. The van der Waals surface area contributed by atoms with Crippen molar-refractivity contribution in [2.24, 2.45) is 5.41 Å². The predicted octanol–water partition coefficient (Wildman–Crippen LogP) is 1.14. The van der Waals surface area contributed by atoms with E-state index < -0.39 is 11.6 Å². The van der Waals surface area contributed by atoms with Crippen molar-refractivity contribution in [3.8, 4) is 0 Å². The Morgan fingerprint density at radius 1 is 1.50 bits per heavy atom. The molecule has 0 radical (unpaired) electrons. The first-order chi connectivity index (χ1) is 5.58. The number of ketones is 1. The van der Waals surface area contributed by atoms with Crippen LogP contribution in [0.1, 0.15) is 20.3 Å². The number of hydrogen-bond donors (Lipinski definition) is 0. The summed E-state index contributed by atoms with van der Waals surface area (Å²) in [4.78, 5) is 21.8. The van der Waals surface area contributed by atoms with E-state index in [1.165, 1.54) is 0 Å². The summed E-state index contributed by atoms with van der Waals surface area (Å²) in [6.07, 6.45) is -0.242. The Bertz CT molecular complexity index is 199. The van der Waals surface area contributed by atoms with Crippen LogP contribution in [0, 0.1) is 5.41 Å². The van der Waals surface area contributed by atoms with E-state index in [0.717, 1.165) is 0 Å². The molecule has 1 aliphatic heterocycles. The van der Waals surface area contributed by atoms with E-state index in [-0.39, 0.29) is 19.0 Å². The molecule has 0 N–H and O–H groups in total. The third-order valence-corrected chi connectivity index (χ3v) is 2.01. The van der Waals surface area contributed by atoms with Crippen molar-refractivity contribution in [2.75, 3.05) is 13.2 Å². The zero-order chi connectivity index (χ0) is 9.19. The van der Waals surface area contributed by atoms with Crippen molar-refractivity contribution in [3.05, 3.63) is 0 Å². The number of ether oxygens (including phenoxy) is 2. The molecule has 68 valence electrons. The van der Waals surface area contributed by atoms with Gasteiger partial charge in [-0.15, -0.1) is 0 Å². The molecule has 0 aromatic carbocycles. The van der Waals surface area contributed by atoms with Gasteiger partial charge < -0.3 is 9.47 Å². The van der Waals surface area contributed by atoms with Crippen LogP contribution in [0.3, 0.4) is 0 Å². The maximum Gasteiger partial charge on any atom is 0.508 e. The average Bonchev–Trinajstić information content (AvgIpc) is 2.09. The third kappa shape index (κ3) is 1.57. The summed E-state index contributed by atoms with van der Waals surface area (Å²) >= 11 is 0. The molecular weight excluding hydrogens is 160 g/mol. The van der Waals surface area contributed by atoms with E-state index in [2.05, 4.69) is 9.47 Å². The molecule has 1 saturated heterocycles. The molecule has 0 aromatic heterocycles. The van der Waals surface area contributed by atoms with E-state index in [9.17, 15) is 9.59 Å². The Labute approximate surface area is 70.8 Å². The number of carbonyl (C=O) groups is 2. The minimum absolute atomic E-state index is 0.0648.